The minimum absolute atomic E-state index is 0.0558. The summed E-state index contributed by atoms with van der Waals surface area (Å²) in [5.74, 6) is -1.46. The fraction of sp³-hybridized carbons (Fsp3) is 0.250. The highest BCUT2D eigenvalue weighted by molar-refractivity contribution is 7.17. The standard InChI is InChI=1S/C24H21N3O5S/c28-21(27-11-5-10-19(27)22(29)30)20-12-25-23(33-20)26-24(31)32-13-18-16-8-3-1-6-14(16)15-7-2-4-9-17(15)18/h1-4,6-9,12,18-19H,5,10-11,13H2,(H,29,30)(H,25,26,31). The third-order valence-corrected chi connectivity index (χ3v) is 6.97. The quantitative estimate of drug-likeness (QED) is 0.587. The Morgan fingerprint density at radius 3 is 2.42 bits per heavy atom. The van der Waals surface area contributed by atoms with Gasteiger partial charge in [-0.05, 0) is 35.1 Å². The van der Waals surface area contributed by atoms with Crippen molar-refractivity contribution in [2.75, 3.05) is 18.5 Å². The lowest BCUT2D eigenvalue weighted by Crippen LogP contribution is -2.40. The summed E-state index contributed by atoms with van der Waals surface area (Å²) in [4.78, 5) is 42.2. The second-order valence-corrected chi connectivity index (χ2v) is 9.01. The second kappa shape index (κ2) is 8.67. The summed E-state index contributed by atoms with van der Waals surface area (Å²) in [6.45, 7) is 0.563. The molecule has 2 aromatic carbocycles. The molecule has 0 saturated carbocycles. The molecule has 5 rings (SSSR count). The zero-order valence-corrected chi connectivity index (χ0v) is 18.4. The highest BCUT2D eigenvalue weighted by atomic mass is 32.1. The predicted octanol–water partition coefficient (Wildman–Crippen LogP) is 4.19. The van der Waals surface area contributed by atoms with Gasteiger partial charge in [0.2, 0.25) is 0 Å². The number of nitrogens with one attached hydrogen (secondary N) is 1. The van der Waals surface area contributed by atoms with E-state index in [0.29, 0.717) is 19.4 Å². The number of anilines is 1. The first-order valence-corrected chi connectivity index (χ1v) is 11.5. The van der Waals surface area contributed by atoms with Gasteiger partial charge in [0.1, 0.15) is 17.5 Å². The molecule has 33 heavy (non-hydrogen) atoms. The first-order valence-electron chi connectivity index (χ1n) is 10.6. The lowest BCUT2D eigenvalue weighted by atomic mass is 9.98. The molecule has 1 aromatic heterocycles. The summed E-state index contributed by atoms with van der Waals surface area (Å²) in [5, 5.41) is 12.1. The van der Waals surface area contributed by atoms with Crippen molar-refractivity contribution in [3.05, 3.63) is 70.7 Å². The molecule has 2 amide bonds. The number of aromatic nitrogens is 1. The van der Waals surface area contributed by atoms with Gasteiger partial charge in [0.25, 0.3) is 5.91 Å². The molecule has 3 aromatic rings. The summed E-state index contributed by atoms with van der Waals surface area (Å²) in [5.41, 5.74) is 4.53. The van der Waals surface area contributed by atoms with Gasteiger partial charge in [-0.3, -0.25) is 10.1 Å². The van der Waals surface area contributed by atoms with Gasteiger partial charge in [-0.2, -0.15) is 0 Å². The normalized spacial score (nSPS) is 16.8. The maximum atomic E-state index is 12.7. The van der Waals surface area contributed by atoms with E-state index < -0.39 is 24.0 Å². The van der Waals surface area contributed by atoms with Crippen LogP contribution < -0.4 is 5.32 Å². The fourth-order valence-corrected chi connectivity index (χ4v) is 5.32. The van der Waals surface area contributed by atoms with Crippen LogP contribution in [0.15, 0.2) is 54.7 Å². The molecule has 9 heteroatoms. The molecule has 8 nitrogen and oxygen atoms in total. The van der Waals surface area contributed by atoms with Crippen LogP contribution in [0.4, 0.5) is 9.93 Å². The number of ether oxygens (including phenoxy) is 1. The number of likely N-dealkylation sites (tertiary alicyclic amines) is 1. The molecular weight excluding hydrogens is 442 g/mol. The lowest BCUT2D eigenvalue weighted by molar-refractivity contribution is -0.141. The van der Waals surface area contributed by atoms with E-state index >= 15 is 0 Å². The zero-order chi connectivity index (χ0) is 22.9. The molecule has 168 valence electrons. The van der Waals surface area contributed by atoms with Crippen LogP contribution in [-0.2, 0) is 9.53 Å². The fourth-order valence-electron chi connectivity index (χ4n) is 4.56. The molecule has 1 saturated heterocycles. The number of carboxylic acids is 1. The van der Waals surface area contributed by atoms with E-state index in [1.807, 2.05) is 36.4 Å². The van der Waals surface area contributed by atoms with Gasteiger partial charge in [-0.15, -0.1) is 0 Å². The van der Waals surface area contributed by atoms with Crippen LogP contribution >= 0.6 is 11.3 Å². The van der Waals surface area contributed by atoms with E-state index in [9.17, 15) is 19.5 Å². The molecule has 0 bridgehead atoms. The van der Waals surface area contributed by atoms with Gasteiger partial charge in [0.05, 0.1) is 6.20 Å². The Hall–Kier alpha value is -3.72. The summed E-state index contributed by atoms with van der Waals surface area (Å²) in [7, 11) is 0. The van der Waals surface area contributed by atoms with Crippen LogP contribution in [-0.4, -0.2) is 52.2 Å². The average Bonchev–Trinajstić information content (AvgIpc) is 3.55. The predicted molar refractivity (Wildman–Crippen MR) is 122 cm³/mol. The Labute approximate surface area is 193 Å². The third-order valence-electron chi connectivity index (χ3n) is 6.07. The molecule has 1 atom stereocenters. The van der Waals surface area contributed by atoms with Crippen LogP contribution in [0.2, 0.25) is 0 Å². The van der Waals surface area contributed by atoms with E-state index in [0.717, 1.165) is 33.6 Å². The smallest absolute Gasteiger partial charge is 0.413 e. The number of hydrogen-bond acceptors (Lipinski definition) is 6. The van der Waals surface area contributed by atoms with E-state index in [-0.39, 0.29) is 22.5 Å². The van der Waals surface area contributed by atoms with Crippen LogP contribution in [0.25, 0.3) is 11.1 Å². The van der Waals surface area contributed by atoms with Gasteiger partial charge in [0.15, 0.2) is 5.13 Å². The van der Waals surface area contributed by atoms with Crippen molar-refractivity contribution in [2.45, 2.75) is 24.8 Å². The topological polar surface area (TPSA) is 109 Å². The van der Waals surface area contributed by atoms with Crippen molar-refractivity contribution in [3.8, 4) is 11.1 Å². The molecule has 1 fully saturated rings. The van der Waals surface area contributed by atoms with Gasteiger partial charge in [-0.25, -0.2) is 14.6 Å². The Morgan fingerprint density at radius 1 is 1.09 bits per heavy atom. The summed E-state index contributed by atoms with van der Waals surface area (Å²) < 4.78 is 5.51. The van der Waals surface area contributed by atoms with E-state index in [1.165, 1.54) is 11.1 Å². The van der Waals surface area contributed by atoms with Crippen molar-refractivity contribution in [1.82, 2.24) is 9.88 Å². The maximum Gasteiger partial charge on any atom is 0.413 e. The molecule has 2 heterocycles. The van der Waals surface area contributed by atoms with Crippen molar-refractivity contribution in [1.29, 1.82) is 0 Å². The Bertz CT molecular complexity index is 1190. The number of carbonyl (C=O) groups excluding carboxylic acids is 2. The molecule has 0 spiro atoms. The first-order chi connectivity index (χ1) is 16.0. The highest BCUT2D eigenvalue weighted by Gasteiger charge is 2.35. The number of hydrogen-bond donors (Lipinski definition) is 2. The summed E-state index contributed by atoms with van der Waals surface area (Å²) in [6.07, 6.45) is 1.77. The van der Waals surface area contributed by atoms with Crippen LogP contribution in [0, 0.1) is 0 Å². The number of thiazole rings is 1. The lowest BCUT2D eigenvalue weighted by Gasteiger charge is -2.20. The Balaban J connectivity index is 1.23. The molecule has 1 unspecified atom stereocenters. The summed E-state index contributed by atoms with van der Waals surface area (Å²) >= 11 is 0.998. The third kappa shape index (κ3) is 3.95. The minimum Gasteiger partial charge on any atom is -0.480 e. The van der Waals surface area contributed by atoms with Crippen molar-refractivity contribution in [3.63, 3.8) is 0 Å². The van der Waals surface area contributed by atoms with Crippen molar-refractivity contribution >= 4 is 34.4 Å². The average molecular weight is 464 g/mol. The number of carbonyl (C=O) groups is 3. The molecule has 1 aliphatic carbocycles. The van der Waals surface area contributed by atoms with Gasteiger partial charge in [-0.1, -0.05) is 59.9 Å². The van der Waals surface area contributed by atoms with E-state index in [2.05, 4.69) is 22.4 Å². The van der Waals surface area contributed by atoms with Gasteiger partial charge >= 0.3 is 12.1 Å². The van der Waals surface area contributed by atoms with Gasteiger partial charge < -0.3 is 14.7 Å². The number of amides is 2. The van der Waals surface area contributed by atoms with E-state index in [4.69, 9.17) is 4.74 Å². The van der Waals surface area contributed by atoms with Gasteiger partial charge in [0, 0.05) is 12.5 Å². The maximum absolute atomic E-state index is 12.7. The van der Waals surface area contributed by atoms with Crippen LogP contribution in [0.3, 0.4) is 0 Å². The molecular formula is C24H21N3O5S. The van der Waals surface area contributed by atoms with Crippen molar-refractivity contribution < 1.29 is 24.2 Å². The number of fused-ring (bicyclic) bond motifs is 3. The van der Waals surface area contributed by atoms with Crippen LogP contribution in [0.1, 0.15) is 39.6 Å². The zero-order valence-electron chi connectivity index (χ0n) is 17.6. The Morgan fingerprint density at radius 2 is 1.76 bits per heavy atom. The van der Waals surface area contributed by atoms with E-state index in [1.54, 1.807) is 0 Å². The number of carboxylic acid groups (broad SMARTS) is 1. The first kappa shape index (κ1) is 21.1. The number of benzene rings is 2. The van der Waals surface area contributed by atoms with Crippen molar-refractivity contribution in [2.24, 2.45) is 0 Å². The molecule has 2 aliphatic rings. The SMILES string of the molecule is O=C(Nc1ncc(C(=O)N2CCCC2C(=O)O)s1)OCC1c2ccccc2-c2ccccc21. The number of nitrogens with zero attached hydrogens (tertiary/aromatic N) is 2. The van der Waals surface area contributed by atoms with Crippen LogP contribution in [0.5, 0.6) is 0 Å². The monoisotopic (exact) mass is 463 g/mol. The molecule has 2 N–H and O–H groups in total. The largest absolute Gasteiger partial charge is 0.480 e. The molecule has 0 radical (unpaired) electrons. The minimum atomic E-state index is -1.01. The highest BCUT2D eigenvalue weighted by Crippen LogP contribution is 2.44. The Kier molecular flexibility index (Phi) is 5.55. The molecule has 1 aliphatic heterocycles. The summed E-state index contributed by atoms with van der Waals surface area (Å²) in [6, 6.07) is 15.3. The second-order valence-electron chi connectivity index (χ2n) is 7.98. The number of aliphatic carboxylic acids is 1. The number of rotatable bonds is 5.